The smallest absolute Gasteiger partial charge is 0.264 e. The number of rotatable bonds is 6. The van der Waals surface area contributed by atoms with Crippen molar-refractivity contribution in [3.8, 4) is 0 Å². The Bertz CT molecular complexity index is 841. The number of aliphatic hydroxyl groups excluding tert-OH is 1. The predicted octanol–water partition coefficient (Wildman–Crippen LogP) is 5.00. The highest BCUT2D eigenvalue weighted by atomic mass is 35.5. The van der Waals surface area contributed by atoms with Gasteiger partial charge in [0.2, 0.25) is 0 Å². The Hall–Kier alpha value is -0.980. The number of nitrogens with zero attached hydrogens (tertiary/aromatic N) is 1. The summed E-state index contributed by atoms with van der Waals surface area (Å²) in [5, 5.41) is 11.3. The molecule has 4 nitrogen and oxygen atoms in total. The van der Waals surface area contributed by atoms with Gasteiger partial charge in [-0.2, -0.15) is 0 Å². The average molecular weight is 423 g/mol. The van der Waals surface area contributed by atoms with E-state index < -0.39 is 22.2 Å². The fourth-order valence-corrected chi connectivity index (χ4v) is 4.69. The molecule has 136 valence electrons. The molecular formula is C17H18Cl3NO3S. The number of benzene rings is 2. The molecule has 0 amide bonds. The van der Waals surface area contributed by atoms with Crippen molar-refractivity contribution in [1.29, 1.82) is 0 Å². The van der Waals surface area contributed by atoms with E-state index >= 15 is 0 Å². The molecule has 0 aromatic heterocycles. The van der Waals surface area contributed by atoms with E-state index in [1.54, 1.807) is 19.9 Å². The molecule has 0 saturated heterocycles. The summed E-state index contributed by atoms with van der Waals surface area (Å²) in [5.74, 6) is 0. The third-order valence-corrected chi connectivity index (χ3v) is 6.58. The van der Waals surface area contributed by atoms with Crippen LogP contribution in [0.3, 0.4) is 0 Å². The van der Waals surface area contributed by atoms with Gasteiger partial charge in [0, 0.05) is 10.0 Å². The first-order valence-electron chi connectivity index (χ1n) is 7.61. The first kappa shape index (κ1) is 20.3. The van der Waals surface area contributed by atoms with Gasteiger partial charge in [-0.3, -0.25) is 4.31 Å². The zero-order chi connectivity index (χ0) is 18.8. The average Bonchev–Trinajstić information content (AvgIpc) is 2.57. The van der Waals surface area contributed by atoms with Gasteiger partial charge in [-0.05, 0) is 55.8 Å². The van der Waals surface area contributed by atoms with Crippen LogP contribution in [0.5, 0.6) is 0 Å². The van der Waals surface area contributed by atoms with Crippen molar-refractivity contribution >= 4 is 50.5 Å². The molecule has 2 atom stereocenters. The highest BCUT2D eigenvalue weighted by Crippen LogP contribution is 2.35. The molecule has 0 bridgehead atoms. The van der Waals surface area contributed by atoms with Crippen LogP contribution in [0.15, 0.2) is 47.4 Å². The Labute approximate surface area is 163 Å². The quantitative estimate of drug-likeness (QED) is 0.712. The van der Waals surface area contributed by atoms with E-state index in [1.165, 1.54) is 36.4 Å². The van der Waals surface area contributed by atoms with E-state index in [1.807, 2.05) is 0 Å². The Morgan fingerprint density at radius 3 is 2.16 bits per heavy atom. The van der Waals surface area contributed by atoms with Crippen molar-refractivity contribution in [2.45, 2.75) is 37.3 Å². The maximum atomic E-state index is 13.2. The molecule has 0 fully saturated rings. The molecule has 0 saturated carbocycles. The summed E-state index contributed by atoms with van der Waals surface area (Å²) in [7, 11) is -3.99. The Morgan fingerprint density at radius 1 is 1.04 bits per heavy atom. The SMILES string of the molecule is CCC(O)[C@@H](C)N(c1cc(Cl)ccc1Cl)S(=O)(=O)c1ccc(Cl)cc1. The van der Waals surface area contributed by atoms with Crippen LogP contribution in [0, 0.1) is 0 Å². The third kappa shape index (κ3) is 4.41. The first-order valence-corrected chi connectivity index (χ1v) is 10.2. The van der Waals surface area contributed by atoms with Crippen molar-refractivity contribution in [3.63, 3.8) is 0 Å². The van der Waals surface area contributed by atoms with Crippen molar-refractivity contribution in [2.24, 2.45) is 0 Å². The van der Waals surface area contributed by atoms with Gasteiger partial charge in [0.05, 0.1) is 27.8 Å². The fourth-order valence-electron chi connectivity index (χ4n) is 2.44. The molecule has 25 heavy (non-hydrogen) atoms. The number of sulfonamides is 1. The Kier molecular flexibility index (Phi) is 6.62. The van der Waals surface area contributed by atoms with Crippen LogP contribution in [0.1, 0.15) is 20.3 Å². The second-order valence-electron chi connectivity index (χ2n) is 5.57. The minimum Gasteiger partial charge on any atom is -0.391 e. The minimum atomic E-state index is -3.99. The molecule has 2 aromatic rings. The highest BCUT2D eigenvalue weighted by Gasteiger charge is 2.34. The van der Waals surface area contributed by atoms with Gasteiger partial charge in [0.25, 0.3) is 10.0 Å². The van der Waals surface area contributed by atoms with Crippen LogP contribution >= 0.6 is 34.8 Å². The van der Waals surface area contributed by atoms with Crippen molar-refractivity contribution in [2.75, 3.05) is 4.31 Å². The predicted molar refractivity (Wildman–Crippen MR) is 103 cm³/mol. The van der Waals surface area contributed by atoms with E-state index in [2.05, 4.69) is 0 Å². The molecule has 0 aliphatic rings. The van der Waals surface area contributed by atoms with Gasteiger partial charge in [0.1, 0.15) is 0 Å². The van der Waals surface area contributed by atoms with E-state index in [0.717, 1.165) is 4.31 Å². The summed E-state index contributed by atoms with van der Waals surface area (Å²) in [4.78, 5) is 0.0445. The van der Waals surface area contributed by atoms with Crippen molar-refractivity contribution in [1.82, 2.24) is 0 Å². The molecule has 0 spiro atoms. The molecule has 1 unspecified atom stereocenters. The summed E-state index contributed by atoms with van der Waals surface area (Å²) in [6.45, 7) is 3.40. The molecular weight excluding hydrogens is 405 g/mol. The first-order chi connectivity index (χ1) is 11.7. The van der Waals surface area contributed by atoms with Crippen molar-refractivity contribution < 1.29 is 13.5 Å². The van der Waals surface area contributed by atoms with Gasteiger partial charge in [0.15, 0.2) is 0 Å². The van der Waals surface area contributed by atoms with E-state index in [9.17, 15) is 13.5 Å². The van der Waals surface area contributed by atoms with E-state index in [0.29, 0.717) is 16.5 Å². The summed E-state index contributed by atoms with van der Waals surface area (Å²) < 4.78 is 27.6. The Morgan fingerprint density at radius 2 is 1.60 bits per heavy atom. The number of aliphatic hydroxyl groups is 1. The largest absolute Gasteiger partial charge is 0.391 e. The topological polar surface area (TPSA) is 57.6 Å². The number of anilines is 1. The van der Waals surface area contributed by atoms with Crippen LogP contribution in [0.2, 0.25) is 15.1 Å². The van der Waals surface area contributed by atoms with E-state index in [-0.39, 0.29) is 15.6 Å². The molecule has 8 heteroatoms. The summed E-state index contributed by atoms with van der Waals surface area (Å²) in [6.07, 6.45) is -0.497. The second-order valence-corrected chi connectivity index (χ2v) is 8.66. The van der Waals surface area contributed by atoms with Gasteiger partial charge in [-0.25, -0.2) is 8.42 Å². The van der Waals surface area contributed by atoms with Crippen LogP contribution in [-0.2, 0) is 10.0 Å². The maximum Gasteiger partial charge on any atom is 0.264 e. The number of hydrogen-bond donors (Lipinski definition) is 1. The zero-order valence-electron chi connectivity index (χ0n) is 13.7. The minimum absolute atomic E-state index is 0.0445. The number of halogens is 3. The lowest BCUT2D eigenvalue weighted by Crippen LogP contribution is -2.45. The third-order valence-electron chi connectivity index (χ3n) is 3.86. The second kappa shape index (κ2) is 8.14. The van der Waals surface area contributed by atoms with Crippen LogP contribution in [0.25, 0.3) is 0 Å². The van der Waals surface area contributed by atoms with Gasteiger partial charge in [-0.1, -0.05) is 41.7 Å². The highest BCUT2D eigenvalue weighted by molar-refractivity contribution is 7.92. The molecule has 2 rings (SSSR count). The van der Waals surface area contributed by atoms with Gasteiger partial charge < -0.3 is 5.11 Å². The lowest BCUT2D eigenvalue weighted by atomic mass is 10.1. The van der Waals surface area contributed by atoms with Crippen LogP contribution in [0.4, 0.5) is 5.69 Å². The molecule has 2 aromatic carbocycles. The monoisotopic (exact) mass is 421 g/mol. The number of hydrogen-bond acceptors (Lipinski definition) is 3. The van der Waals surface area contributed by atoms with Crippen LogP contribution < -0.4 is 4.31 Å². The lowest BCUT2D eigenvalue weighted by molar-refractivity contribution is 0.148. The lowest BCUT2D eigenvalue weighted by Gasteiger charge is -2.33. The van der Waals surface area contributed by atoms with Gasteiger partial charge >= 0.3 is 0 Å². The molecule has 1 N–H and O–H groups in total. The van der Waals surface area contributed by atoms with Crippen molar-refractivity contribution in [3.05, 3.63) is 57.5 Å². The normalized spacial score (nSPS) is 14.2. The molecule has 0 heterocycles. The maximum absolute atomic E-state index is 13.2. The Balaban J connectivity index is 2.66. The molecule has 0 aliphatic carbocycles. The van der Waals surface area contributed by atoms with E-state index in [4.69, 9.17) is 34.8 Å². The van der Waals surface area contributed by atoms with Gasteiger partial charge in [-0.15, -0.1) is 0 Å². The van der Waals surface area contributed by atoms with Crippen LogP contribution in [-0.4, -0.2) is 25.7 Å². The summed E-state index contributed by atoms with van der Waals surface area (Å²) >= 11 is 18.1. The standard InChI is InChI=1S/C17H18Cl3NO3S/c1-3-17(22)11(2)21(16-10-13(19)6-9-15(16)20)25(23,24)14-7-4-12(18)5-8-14/h4-11,17,22H,3H2,1-2H3/t11-,17?/m1/s1. The molecule has 0 aliphatic heterocycles. The summed E-state index contributed by atoms with van der Waals surface area (Å²) in [5.41, 5.74) is 0.212. The fraction of sp³-hybridized carbons (Fsp3) is 0.294. The zero-order valence-corrected chi connectivity index (χ0v) is 16.7. The molecule has 0 radical (unpaired) electrons. The summed E-state index contributed by atoms with van der Waals surface area (Å²) in [6, 6.07) is 9.62.